The van der Waals surface area contributed by atoms with Crippen molar-refractivity contribution < 1.29 is 0 Å². The van der Waals surface area contributed by atoms with Crippen LogP contribution in [0, 0.1) is 6.92 Å². The molecule has 0 aliphatic carbocycles. The maximum atomic E-state index is 4.45. The largest absolute Gasteiger partial charge is 0.363 e. The fourth-order valence-corrected chi connectivity index (χ4v) is 3.65. The van der Waals surface area contributed by atoms with Crippen LogP contribution in [-0.2, 0) is 6.54 Å². The Hall–Kier alpha value is -2.40. The van der Waals surface area contributed by atoms with Gasteiger partial charge in [0.05, 0.1) is 10.2 Å². The minimum atomic E-state index is 0.765. The molecule has 3 heterocycles. The van der Waals surface area contributed by atoms with Crippen LogP contribution in [0.2, 0.25) is 0 Å². The molecule has 0 fully saturated rings. The number of aryl methyl sites for hydroxylation is 1. The number of anilines is 1. The van der Waals surface area contributed by atoms with Gasteiger partial charge in [-0.2, -0.15) is 5.10 Å². The molecule has 1 aromatic carbocycles. The van der Waals surface area contributed by atoms with Crippen LogP contribution in [0.15, 0.2) is 42.6 Å². The molecule has 2 N–H and O–H groups in total. The zero-order valence-electron chi connectivity index (χ0n) is 11.6. The molecular formula is C16H14N4S. The lowest BCUT2D eigenvalue weighted by atomic mass is 10.2. The third-order valence-electron chi connectivity index (χ3n) is 3.60. The van der Waals surface area contributed by atoms with E-state index in [0.717, 1.165) is 27.4 Å². The van der Waals surface area contributed by atoms with Crippen molar-refractivity contribution in [2.24, 2.45) is 0 Å². The molecular weight excluding hydrogens is 280 g/mol. The Kier molecular flexibility index (Phi) is 2.86. The molecule has 0 radical (unpaired) electrons. The minimum absolute atomic E-state index is 0.765. The molecule has 4 nitrogen and oxygen atoms in total. The van der Waals surface area contributed by atoms with E-state index in [0.29, 0.717) is 0 Å². The molecule has 4 aromatic rings. The summed E-state index contributed by atoms with van der Waals surface area (Å²) >= 11 is 1.68. The molecule has 104 valence electrons. The maximum absolute atomic E-state index is 4.45. The fourth-order valence-electron chi connectivity index (χ4n) is 2.51. The number of hydrogen-bond donors (Lipinski definition) is 2. The first kappa shape index (κ1) is 12.3. The molecule has 0 saturated heterocycles. The van der Waals surface area contributed by atoms with Gasteiger partial charge in [0.1, 0.15) is 4.83 Å². The number of fused-ring (bicyclic) bond motifs is 3. The number of hydrogen-bond acceptors (Lipinski definition) is 4. The van der Waals surface area contributed by atoms with Gasteiger partial charge >= 0.3 is 0 Å². The van der Waals surface area contributed by atoms with E-state index in [4.69, 9.17) is 0 Å². The predicted molar refractivity (Wildman–Crippen MR) is 87.8 cm³/mol. The molecule has 0 saturated carbocycles. The van der Waals surface area contributed by atoms with Gasteiger partial charge in [-0.25, -0.2) is 4.98 Å². The number of thiophene rings is 1. The summed E-state index contributed by atoms with van der Waals surface area (Å²) in [5.74, 6) is 0.899. The van der Waals surface area contributed by atoms with Crippen LogP contribution in [0.1, 0.15) is 11.1 Å². The Labute approximate surface area is 125 Å². The Morgan fingerprint density at radius 1 is 1.19 bits per heavy atom. The standard InChI is InChI=1S/C16H14N4S/c1-10-7-8-17-16-12(10)13-14(21-16)15(20-19-13)18-9-11-5-3-2-4-6-11/h2-8H,9H2,1H3,(H2,18,19,20). The highest BCUT2D eigenvalue weighted by atomic mass is 32.1. The summed E-state index contributed by atoms with van der Waals surface area (Å²) in [4.78, 5) is 5.51. The summed E-state index contributed by atoms with van der Waals surface area (Å²) in [7, 11) is 0. The highest BCUT2D eigenvalue weighted by Crippen LogP contribution is 2.36. The Morgan fingerprint density at radius 2 is 2.05 bits per heavy atom. The molecule has 3 aromatic heterocycles. The first-order valence-corrected chi connectivity index (χ1v) is 7.64. The fraction of sp³-hybridized carbons (Fsp3) is 0.125. The van der Waals surface area contributed by atoms with Crippen LogP contribution in [0.4, 0.5) is 5.82 Å². The molecule has 0 aliphatic rings. The number of H-pyrrole nitrogens is 1. The van der Waals surface area contributed by atoms with Crippen LogP contribution in [-0.4, -0.2) is 15.2 Å². The summed E-state index contributed by atoms with van der Waals surface area (Å²) in [6.45, 7) is 2.87. The third-order valence-corrected chi connectivity index (χ3v) is 4.70. The lowest BCUT2D eigenvalue weighted by Gasteiger charge is -2.02. The van der Waals surface area contributed by atoms with Crippen molar-refractivity contribution in [2.45, 2.75) is 13.5 Å². The van der Waals surface area contributed by atoms with Gasteiger partial charge in [0.15, 0.2) is 5.82 Å². The van der Waals surface area contributed by atoms with E-state index in [1.54, 1.807) is 11.3 Å². The molecule has 0 atom stereocenters. The number of nitrogens with zero attached hydrogens (tertiary/aromatic N) is 2. The average Bonchev–Trinajstić information content (AvgIpc) is 3.06. The molecule has 21 heavy (non-hydrogen) atoms. The van der Waals surface area contributed by atoms with Gasteiger partial charge in [-0.15, -0.1) is 11.3 Å². The lowest BCUT2D eigenvalue weighted by Crippen LogP contribution is -1.99. The van der Waals surface area contributed by atoms with E-state index in [1.807, 2.05) is 30.5 Å². The van der Waals surface area contributed by atoms with E-state index in [2.05, 4.69) is 39.6 Å². The number of pyridine rings is 1. The van der Waals surface area contributed by atoms with Crippen LogP contribution < -0.4 is 5.32 Å². The molecule has 5 heteroatoms. The van der Waals surface area contributed by atoms with Gasteiger partial charge in [-0.1, -0.05) is 30.3 Å². The molecule has 0 amide bonds. The molecule has 0 bridgehead atoms. The quantitative estimate of drug-likeness (QED) is 0.598. The van der Waals surface area contributed by atoms with Gasteiger partial charge in [-0.3, -0.25) is 5.10 Å². The lowest BCUT2D eigenvalue weighted by molar-refractivity contribution is 1.06. The van der Waals surface area contributed by atoms with E-state index >= 15 is 0 Å². The topological polar surface area (TPSA) is 53.6 Å². The van der Waals surface area contributed by atoms with Crippen molar-refractivity contribution in [3.8, 4) is 0 Å². The van der Waals surface area contributed by atoms with Gasteiger partial charge in [-0.05, 0) is 24.1 Å². The number of rotatable bonds is 3. The number of benzene rings is 1. The minimum Gasteiger partial charge on any atom is -0.363 e. The maximum Gasteiger partial charge on any atom is 0.166 e. The van der Waals surface area contributed by atoms with Crippen molar-refractivity contribution in [1.29, 1.82) is 0 Å². The first-order chi connectivity index (χ1) is 10.3. The smallest absolute Gasteiger partial charge is 0.166 e. The third kappa shape index (κ3) is 2.06. The summed E-state index contributed by atoms with van der Waals surface area (Å²) in [5.41, 5.74) is 3.55. The second kappa shape index (κ2) is 4.86. The van der Waals surface area contributed by atoms with Gasteiger partial charge in [0.2, 0.25) is 0 Å². The van der Waals surface area contributed by atoms with Gasteiger partial charge in [0.25, 0.3) is 0 Å². The average molecular weight is 294 g/mol. The first-order valence-electron chi connectivity index (χ1n) is 6.83. The monoisotopic (exact) mass is 294 g/mol. The van der Waals surface area contributed by atoms with E-state index in [-0.39, 0.29) is 0 Å². The van der Waals surface area contributed by atoms with Crippen molar-refractivity contribution in [1.82, 2.24) is 15.2 Å². The molecule has 4 rings (SSSR count). The summed E-state index contributed by atoms with van der Waals surface area (Å²) in [6, 6.07) is 12.4. The Bertz CT molecular complexity index is 908. The van der Waals surface area contributed by atoms with E-state index in [9.17, 15) is 0 Å². The predicted octanol–water partition coefficient (Wildman–Crippen LogP) is 4.09. The summed E-state index contributed by atoms with van der Waals surface area (Å²) in [5, 5.41) is 12.1. The summed E-state index contributed by atoms with van der Waals surface area (Å²) < 4.78 is 1.14. The van der Waals surface area contributed by atoms with Crippen LogP contribution in [0.25, 0.3) is 20.4 Å². The van der Waals surface area contributed by atoms with Crippen molar-refractivity contribution >= 4 is 37.6 Å². The number of aromatic nitrogens is 3. The van der Waals surface area contributed by atoms with E-state index < -0.39 is 0 Å². The molecule has 0 spiro atoms. The van der Waals surface area contributed by atoms with Crippen LogP contribution in [0.3, 0.4) is 0 Å². The van der Waals surface area contributed by atoms with Gasteiger partial charge < -0.3 is 5.32 Å². The van der Waals surface area contributed by atoms with Crippen molar-refractivity contribution in [3.05, 3.63) is 53.7 Å². The second-order valence-electron chi connectivity index (χ2n) is 5.03. The number of nitrogens with one attached hydrogen (secondary N) is 2. The Balaban J connectivity index is 1.73. The van der Waals surface area contributed by atoms with Gasteiger partial charge in [0, 0.05) is 18.1 Å². The second-order valence-corrected chi connectivity index (χ2v) is 6.02. The molecule has 0 aliphatic heterocycles. The van der Waals surface area contributed by atoms with Crippen molar-refractivity contribution in [3.63, 3.8) is 0 Å². The highest BCUT2D eigenvalue weighted by molar-refractivity contribution is 7.26. The molecule has 0 unspecified atom stereocenters. The zero-order valence-corrected chi connectivity index (χ0v) is 12.4. The zero-order chi connectivity index (χ0) is 14.2. The Morgan fingerprint density at radius 3 is 2.90 bits per heavy atom. The SMILES string of the molecule is Cc1ccnc2sc3c(NCc4ccccc4)n[nH]c3c12. The normalized spacial score (nSPS) is 11.3. The highest BCUT2D eigenvalue weighted by Gasteiger charge is 2.14. The summed E-state index contributed by atoms with van der Waals surface area (Å²) in [6.07, 6.45) is 1.86. The van der Waals surface area contributed by atoms with Crippen molar-refractivity contribution in [2.75, 3.05) is 5.32 Å². The van der Waals surface area contributed by atoms with E-state index in [1.165, 1.54) is 16.5 Å². The number of aromatic amines is 1. The van der Waals surface area contributed by atoms with Crippen LogP contribution >= 0.6 is 11.3 Å². The van der Waals surface area contributed by atoms with Crippen LogP contribution in [0.5, 0.6) is 0 Å².